The van der Waals surface area contributed by atoms with E-state index in [0.717, 1.165) is 17.7 Å². The summed E-state index contributed by atoms with van der Waals surface area (Å²) in [5.41, 5.74) is 2.05. The van der Waals surface area contributed by atoms with Crippen molar-refractivity contribution in [1.29, 1.82) is 0 Å². The highest BCUT2D eigenvalue weighted by molar-refractivity contribution is 6.31. The molecule has 0 amide bonds. The number of nitrogens with zero attached hydrogens (tertiary/aromatic N) is 4. The Morgan fingerprint density at radius 1 is 1.00 bits per heavy atom. The largest absolute Gasteiger partial charge is 0.459 e. The number of benzene rings is 3. The van der Waals surface area contributed by atoms with Crippen LogP contribution in [0.2, 0.25) is 5.02 Å². The smallest absolute Gasteiger partial charge is 0.416 e. The summed E-state index contributed by atoms with van der Waals surface area (Å²) in [6, 6.07) is 19.9. The Balaban J connectivity index is 1.36. The van der Waals surface area contributed by atoms with Crippen LogP contribution in [0.1, 0.15) is 22.4 Å². The van der Waals surface area contributed by atoms with Gasteiger partial charge in [-0.05, 0) is 36.4 Å². The molecule has 5 aromatic rings. The Morgan fingerprint density at radius 3 is 2.54 bits per heavy atom. The zero-order valence-corrected chi connectivity index (χ0v) is 21.1. The van der Waals surface area contributed by atoms with Crippen molar-refractivity contribution in [2.45, 2.75) is 25.7 Å². The first-order valence-electron chi connectivity index (χ1n) is 12.2. The standard InChI is InChI=1S/C28H21ClF3N5O2/c29-21-9-5-4-6-17(21)16-39-27-35-22-12-13-36(15-20(22)25(38)37(27)19-7-2-1-3-8-19)26-33-23-11-10-18(28(30,31)32)14-24(23)34-26/h1-11,14H,12-13,15-16H2,(H,33,34). The molecule has 3 aromatic carbocycles. The Bertz CT molecular complexity index is 1730. The van der Waals surface area contributed by atoms with E-state index in [1.165, 1.54) is 10.6 Å². The Kier molecular flexibility index (Phi) is 6.26. The molecule has 0 radical (unpaired) electrons. The zero-order chi connectivity index (χ0) is 27.1. The van der Waals surface area contributed by atoms with Crippen LogP contribution in [0.4, 0.5) is 19.1 Å². The molecule has 1 N–H and O–H groups in total. The number of halogens is 4. The van der Waals surface area contributed by atoms with Crippen molar-refractivity contribution in [3.8, 4) is 11.7 Å². The molecule has 11 heteroatoms. The molecule has 0 aliphatic carbocycles. The quantitative estimate of drug-likeness (QED) is 0.293. The molecule has 0 bridgehead atoms. The Labute approximate surface area is 225 Å². The van der Waals surface area contributed by atoms with Crippen LogP contribution in [0.25, 0.3) is 16.7 Å². The lowest BCUT2D eigenvalue weighted by molar-refractivity contribution is -0.137. The number of ether oxygens (including phenoxy) is 1. The van der Waals surface area contributed by atoms with Crippen LogP contribution in [0.5, 0.6) is 6.01 Å². The van der Waals surface area contributed by atoms with Crippen molar-refractivity contribution in [3.05, 3.63) is 111 Å². The fourth-order valence-electron chi connectivity index (χ4n) is 4.62. The monoisotopic (exact) mass is 551 g/mol. The van der Waals surface area contributed by atoms with Crippen molar-refractivity contribution < 1.29 is 17.9 Å². The number of para-hydroxylation sites is 1. The molecule has 0 unspecified atom stereocenters. The van der Waals surface area contributed by atoms with Crippen LogP contribution in [0, 0.1) is 0 Å². The third kappa shape index (κ3) is 4.83. The van der Waals surface area contributed by atoms with E-state index in [0.29, 0.717) is 46.4 Å². The summed E-state index contributed by atoms with van der Waals surface area (Å²) in [4.78, 5) is 27.8. The van der Waals surface area contributed by atoms with Gasteiger partial charge in [0.1, 0.15) is 6.61 Å². The SMILES string of the molecule is O=c1c2c(nc(OCc3ccccc3Cl)n1-c1ccccc1)CCN(c1nc3ccc(C(F)(F)F)cc3[nH]1)C2. The molecule has 1 aliphatic rings. The van der Waals surface area contributed by atoms with E-state index in [2.05, 4.69) is 9.97 Å². The first-order chi connectivity index (χ1) is 18.8. The third-order valence-corrected chi connectivity index (χ3v) is 6.99. The number of aromatic amines is 1. The highest BCUT2D eigenvalue weighted by Crippen LogP contribution is 2.32. The number of rotatable bonds is 5. The van der Waals surface area contributed by atoms with Gasteiger partial charge in [-0.2, -0.15) is 13.2 Å². The highest BCUT2D eigenvalue weighted by atomic mass is 35.5. The summed E-state index contributed by atoms with van der Waals surface area (Å²) < 4.78 is 47.0. The molecule has 3 heterocycles. The fourth-order valence-corrected chi connectivity index (χ4v) is 4.81. The van der Waals surface area contributed by atoms with E-state index in [-0.39, 0.29) is 30.2 Å². The molecular weight excluding hydrogens is 531 g/mol. The van der Waals surface area contributed by atoms with E-state index in [4.69, 9.17) is 21.3 Å². The number of aromatic nitrogens is 4. The minimum Gasteiger partial charge on any atom is -0.459 e. The molecule has 7 nitrogen and oxygen atoms in total. The second kappa shape index (κ2) is 9.77. The second-order valence-corrected chi connectivity index (χ2v) is 9.54. The topological polar surface area (TPSA) is 76.0 Å². The minimum atomic E-state index is -4.46. The third-order valence-electron chi connectivity index (χ3n) is 6.62. The predicted molar refractivity (Wildman–Crippen MR) is 141 cm³/mol. The second-order valence-electron chi connectivity index (χ2n) is 9.14. The van der Waals surface area contributed by atoms with Crippen molar-refractivity contribution in [1.82, 2.24) is 19.5 Å². The zero-order valence-electron chi connectivity index (χ0n) is 20.4. The predicted octanol–water partition coefficient (Wildman–Crippen LogP) is 5.92. The molecular formula is C28H21ClF3N5O2. The average Bonchev–Trinajstić information content (AvgIpc) is 3.36. The van der Waals surface area contributed by atoms with Gasteiger partial charge in [0.2, 0.25) is 5.95 Å². The number of nitrogens with one attached hydrogen (secondary N) is 1. The van der Waals surface area contributed by atoms with Crippen LogP contribution in [0.3, 0.4) is 0 Å². The van der Waals surface area contributed by atoms with Gasteiger partial charge in [-0.25, -0.2) is 14.5 Å². The van der Waals surface area contributed by atoms with Gasteiger partial charge in [0.15, 0.2) is 0 Å². The van der Waals surface area contributed by atoms with Gasteiger partial charge >= 0.3 is 12.2 Å². The van der Waals surface area contributed by atoms with Gasteiger partial charge in [0.25, 0.3) is 5.56 Å². The fraction of sp³-hybridized carbons (Fsp3) is 0.179. The number of hydrogen-bond acceptors (Lipinski definition) is 5. The molecule has 0 spiro atoms. The van der Waals surface area contributed by atoms with E-state index < -0.39 is 11.7 Å². The van der Waals surface area contributed by atoms with E-state index in [1.54, 1.807) is 18.2 Å². The summed E-state index contributed by atoms with van der Waals surface area (Å²) in [6.07, 6.45) is -4.03. The summed E-state index contributed by atoms with van der Waals surface area (Å²) in [7, 11) is 0. The summed E-state index contributed by atoms with van der Waals surface area (Å²) in [5.74, 6) is 0.389. The molecule has 0 atom stereocenters. The molecule has 6 rings (SSSR count). The van der Waals surface area contributed by atoms with Crippen molar-refractivity contribution in [2.75, 3.05) is 11.4 Å². The van der Waals surface area contributed by atoms with Gasteiger partial charge in [-0.3, -0.25) is 4.79 Å². The number of alkyl halides is 3. The minimum absolute atomic E-state index is 0.128. The number of imidazole rings is 1. The lowest BCUT2D eigenvalue weighted by Gasteiger charge is -2.28. The molecule has 1 aliphatic heterocycles. The molecule has 0 fully saturated rings. The first-order valence-corrected chi connectivity index (χ1v) is 12.5. The van der Waals surface area contributed by atoms with Crippen LogP contribution in [-0.4, -0.2) is 26.1 Å². The molecule has 39 heavy (non-hydrogen) atoms. The molecule has 0 saturated heterocycles. The summed E-state index contributed by atoms with van der Waals surface area (Å²) >= 11 is 6.29. The van der Waals surface area contributed by atoms with Crippen LogP contribution in [0.15, 0.2) is 77.6 Å². The number of hydrogen-bond donors (Lipinski definition) is 1. The van der Waals surface area contributed by atoms with Crippen LogP contribution in [-0.2, 0) is 25.7 Å². The van der Waals surface area contributed by atoms with Crippen molar-refractivity contribution in [3.63, 3.8) is 0 Å². The number of fused-ring (bicyclic) bond motifs is 2. The van der Waals surface area contributed by atoms with Crippen molar-refractivity contribution >= 4 is 28.6 Å². The Morgan fingerprint density at radius 2 is 1.77 bits per heavy atom. The lowest BCUT2D eigenvalue weighted by Crippen LogP contribution is -2.38. The van der Waals surface area contributed by atoms with Gasteiger partial charge in [-0.1, -0.05) is 48.0 Å². The van der Waals surface area contributed by atoms with Crippen molar-refractivity contribution in [2.24, 2.45) is 0 Å². The van der Waals surface area contributed by atoms with Crippen LogP contribution < -0.4 is 15.2 Å². The number of anilines is 1. The highest BCUT2D eigenvalue weighted by Gasteiger charge is 2.31. The maximum atomic E-state index is 13.9. The van der Waals surface area contributed by atoms with Gasteiger partial charge in [0, 0.05) is 23.6 Å². The lowest BCUT2D eigenvalue weighted by atomic mass is 10.1. The number of H-pyrrole nitrogens is 1. The first kappa shape index (κ1) is 25.0. The maximum Gasteiger partial charge on any atom is 0.416 e. The summed E-state index contributed by atoms with van der Waals surface area (Å²) in [6.45, 7) is 0.776. The molecule has 0 saturated carbocycles. The summed E-state index contributed by atoms with van der Waals surface area (Å²) in [5, 5.41) is 0.549. The van der Waals surface area contributed by atoms with E-state index in [9.17, 15) is 18.0 Å². The van der Waals surface area contributed by atoms with Crippen LogP contribution >= 0.6 is 11.6 Å². The Hall–Kier alpha value is -4.31. The van der Waals surface area contributed by atoms with E-state index in [1.807, 2.05) is 41.3 Å². The van der Waals surface area contributed by atoms with E-state index >= 15 is 0 Å². The molecule has 198 valence electrons. The molecule has 2 aromatic heterocycles. The van der Waals surface area contributed by atoms with Gasteiger partial charge in [0.05, 0.1) is 40.1 Å². The van der Waals surface area contributed by atoms with Gasteiger partial charge in [-0.15, -0.1) is 0 Å². The normalized spacial score (nSPS) is 13.5. The average molecular weight is 552 g/mol. The van der Waals surface area contributed by atoms with Gasteiger partial charge < -0.3 is 14.6 Å². The maximum absolute atomic E-state index is 13.9.